The third kappa shape index (κ3) is 1.94. The van der Waals surface area contributed by atoms with Gasteiger partial charge in [-0.25, -0.2) is 0 Å². The molecule has 16 heavy (non-hydrogen) atoms. The van der Waals surface area contributed by atoms with Gasteiger partial charge in [0.05, 0.1) is 16.8 Å². The average Bonchev–Trinajstić information content (AvgIpc) is 2.13. The molecule has 0 saturated carbocycles. The Kier molecular flexibility index (Phi) is 2.29. The van der Waals surface area contributed by atoms with Gasteiger partial charge in [-0.1, -0.05) is 6.07 Å². The van der Waals surface area contributed by atoms with Crippen LogP contribution in [0.1, 0.15) is 19.4 Å². The molecular formula is C11H12F3NO. The molecule has 1 aromatic rings. The molecule has 0 amide bonds. The first-order chi connectivity index (χ1) is 7.30. The maximum atomic E-state index is 12.7. The Bertz CT molecular complexity index is 412. The Morgan fingerprint density at radius 2 is 2.00 bits per heavy atom. The van der Waals surface area contributed by atoms with Crippen LogP contribution in [0.2, 0.25) is 0 Å². The molecule has 5 heteroatoms. The first-order valence-electron chi connectivity index (χ1n) is 4.91. The molecule has 88 valence electrons. The predicted octanol–water partition coefficient (Wildman–Crippen LogP) is 3.29. The standard InChI is InChI=1S/C11H12F3NO/c1-10(2)6-16-9-7(11(12,13)14)4-3-5-8(9)15-10/h3-5,15H,6H2,1-2H3. The molecule has 1 aliphatic heterocycles. The summed E-state index contributed by atoms with van der Waals surface area (Å²) in [5.41, 5.74) is -0.684. The number of benzene rings is 1. The molecular weight excluding hydrogens is 219 g/mol. The van der Waals surface area contributed by atoms with Gasteiger partial charge in [-0.05, 0) is 26.0 Å². The van der Waals surface area contributed by atoms with Crippen molar-refractivity contribution in [2.24, 2.45) is 0 Å². The Hall–Kier alpha value is -1.39. The van der Waals surface area contributed by atoms with Crippen molar-refractivity contribution in [1.82, 2.24) is 0 Å². The highest BCUT2D eigenvalue weighted by atomic mass is 19.4. The molecule has 0 spiro atoms. The molecule has 0 unspecified atom stereocenters. The van der Waals surface area contributed by atoms with E-state index in [-0.39, 0.29) is 17.9 Å². The van der Waals surface area contributed by atoms with Gasteiger partial charge in [0, 0.05) is 0 Å². The summed E-state index contributed by atoms with van der Waals surface area (Å²) < 4.78 is 43.2. The lowest BCUT2D eigenvalue weighted by atomic mass is 10.0. The fraction of sp³-hybridized carbons (Fsp3) is 0.455. The molecule has 1 aliphatic rings. The zero-order valence-electron chi connectivity index (χ0n) is 8.98. The average molecular weight is 231 g/mol. The zero-order valence-corrected chi connectivity index (χ0v) is 8.98. The summed E-state index contributed by atoms with van der Waals surface area (Å²) in [4.78, 5) is 0. The van der Waals surface area contributed by atoms with E-state index >= 15 is 0 Å². The van der Waals surface area contributed by atoms with Crippen LogP contribution in [0.5, 0.6) is 5.75 Å². The maximum Gasteiger partial charge on any atom is 0.420 e. The Labute approximate surface area is 91.4 Å². The highest BCUT2D eigenvalue weighted by Crippen LogP contribution is 2.43. The van der Waals surface area contributed by atoms with Crippen LogP contribution in [-0.2, 0) is 6.18 Å². The number of ether oxygens (including phenoxy) is 1. The van der Waals surface area contributed by atoms with Gasteiger partial charge in [0.15, 0.2) is 5.75 Å². The number of alkyl halides is 3. The van der Waals surface area contributed by atoms with E-state index in [1.807, 2.05) is 13.8 Å². The minimum atomic E-state index is -4.38. The molecule has 1 N–H and O–H groups in total. The van der Waals surface area contributed by atoms with E-state index in [1.165, 1.54) is 6.07 Å². The first kappa shape index (κ1) is 11.1. The van der Waals surface area contributed by atoms with E-state index in [1.54, 1.807) is 6.07 Å². The Morgan fingerprint density at radius 1 is 1.31 bits per heavy atom. The summed E-state index contributed by atoms with van der Waals surface area (Å²) in [7, 11) is 0. The van der Waals surface area contributed by atoms with Gasteiger partial charge >= 0.3 is 6.18 Å². The molecule has 0 fully saturated rings. The molecule has 0 aliphatic carbocycles. The lowest BCUT2D eigenvalue weighted by Crippen LogP contribution is -2.41. The third-order valence-corrected chi connectivity index (χ3v) is 2.37. The quantitative estimate of drug-likeness (QED) is 0.739. The molecule has 0 atom stereocenters. The molecule has 0 bridgehead atoms. The Morgan fingerprint density at radius 3 is 2.62 bits per heavy atom. The fourth-order valence-electron chi connectivity index (χ4n) is 1.67. The highest BCUT2D eigenvalue weighted by Gasteiger charge is 2.38. The van der Waals surface area contributed by atoms with Crippen molar-refractivity contribution in [3.05, 3.63) is 23.8 Å². The summed E-state index contributed by atoms with van der Waals surface area (Å²) >= 11 is 0. The van der Waals surface area contributed by atoms with Crippen LogP contribution >= 0.6 is 0 Å². The van der Waals surface area contributed by atoms with E-state index in [0.29, 0.717) is 5.69 Å². The summed E-state index contributed by atoms with van der Waals surface area (Å²) in [6.07, 6.45) is -4.38. The van der Waals surface area contributed by atoms with Crippen LogP contribution in [0.25, 0.3) is 0 Å². The number of hydrogen-bond donors (Lipinski definition) is 1. The topological polar surface area (TPSA) is 21.3 Å². The second-order valence-electron chi connectivity index (χ2n) is 4.48. The SMILES string of the molecule is CC1(C)COc2c(cccc2C(F)(F)F)N1. The minimum absolute atomic E-state index is 0.102. The van der Waals surface area contributed by atoms with E-state index in [9.17, 15) is 13.2 Å². The Balaban J connectivity index is 2.47. The highest BCUT2D eigenvalue weighted by molar-refractivity contribution is 5.63. The molecule has 2 rings (SSSR count). The largest absolute Gasteiger partial charge is 0.488 e. The summed E-state index contributed by atoms with van der Waals surface area (Å²) in [5, 5.41) is 3.02. The molecule has 0 aromatic heterocycles. The van der Waals surface area contributed by atoms with Gasteiger partial charge in [0.25, 0.3) is 0 Å². The molecule has 2 nitrogen and oxygen atoms in total. The van der Waals surface area contributed by atoms with Crippen molar-refractivity contribution in [1.29, 1.82) is 0 Å². The van der Waals surface area contributed by atoms with E-state index in [2.05, 4.69) is 5.32 Å². The van der Waals surface area contributed by atoms with Crippen LogP contribution in [0.4, 0.5) is 18.9 Å². The normalized spacial score (nSPS) is 18.3. The van der Waals surface area contributed by atoms with Crippen LogP contribution in [-0.4, -0.2) is 12.1 Å². The molecule has 1 heterocycles. The molecule has 1 aromatic carbocycles. The number of anilines is 1. The van der Waals surface area contributed by atoms with Gasteiger partial charge in [0.1, 0.15) is 6.61 Å². The van der Waals surface area contributed by atoms with Crippen molar-refractivity contribution < 1.29 is 17.9 Å². The number of hydrogen-bond acceptors (Lipinski definition) is 2. The molecule has 0 radical (unpaired) electrons. The van der Waals surface area contributed by atoms with Gasteiger partial charge in [-0.15, -0.1) is 0 Å². The van der Waals surface area contributed by atoms with Crippen LogP contribution < -0.4 is 10.1 Å². The smallest absolute Gasteiger partial charge is 0.420 e. The summed E-state index contributed by atoms with van der Waals surface area (Å²) in [5.74, 6) is -0.102. The third-order valence-electron chi connectivity index (χ3n) is 2.37. The van der Waals surface area contributed by atoms with E-state index in [0.717, 1.165) is 6.07 Å². The number of halogens is 3. The number of nitrogens with one attached hydrogen (secondary N) is 1. The van der Waals surface area contributed by atoms with Gasteiger partial charge in [0.2, 0.25) is 0 Å². The van der Waals surface area contributed by atoms with Crippen molar-refractivity contribution in [2.75, 3.05) is 11.9 Å². The predicted molar refractivity (Wildman–Crippen MR) is 54.6 cm³/mol. The van der Waals surface area contributed by atoms with Crippen LogP contribution in [0, 0.1) is 0 Å². The zero-order chi connectivity index (χ0) is 12.0. The van der Waals surface area contributed by atoms with Crippen LogP contribution in [0.3, 0.4) is 0 Å². The van der Waals surface area contributed by atoms with Crippen molar-refractivity contribution >= 4 is 5.69 Å². The van der Waals surface area contributed by atoms with Crippen molar-refractivity contribution in [3.63, 3.8) is 0 Å². The number of para-hydroxylation sites is 1. The second kappa shape index (κ2) is 3.30. The van der Waals surface area contributed by atoms with Gasteiger partial charge in [-0.3, -0.25) is 0 Å². The number of fused-ring (bicyclic) bond motifs is 1. The first-order valence-corrected chi connectivity index (χ1v) is 4.91. The van der Waals surface area contributed by atoms with E-state index < -0.39 is 11.7 Å². The monoisotopic (exact) mass is 231 g/mol. The lowest BCUT2D eigenvalue weighted by molar-refractivity contribution is -0.139. The van der Waals surface area contributed by atoms with Crippen molar-refractivity contribution in [3.8, 4) is 5.75 Å². The van der Waals surface area contributed by atoms with Gasteiger partial charge in [-0.2, -0.15) is 13.2 Å². The fourth-order valence-corrected chi connectivity index (χ4v) is 1.67. The molecule has 0 saturated heterocycles. The van der Waals surface area contributed by atoms with Crippen LogP contribution in [0.15, 0.2) is 18.2 Å². The maximum absolute atomic E-state index is 12.7. The summed E-state index contributed by atoms with van der Waals surface area (Å²) in [6.45, 7) is 3.96. The second-order valence-corrected chi connectivity index (χ2v) is 4.48. The van der Waals surface area contributed by atoms with Crippen molar-refractivity contribution in [2.45, 2.75) is 25.6 Å². The summed E-state index contributed by atoms with van der Waals surface area (Å²) in [6, 6.07) is 3.99. The van der Waals surface area contributed by atoms with E-state index in [4.69, 9.17) is 4.74 Å². The number of rotatable bonds is 0. The van der Waals surface area contributed by atoms with Gasteiger partial charge < -0.3 is 10.1 Å². The minimum Gasteiger partial charge on any atom is -0.488 e. The lowest BCUT2D eigenvalue weighted by Gasteiger charge is -2.34.